The molecule has 0 saturated carbocycles. The van der Waals surface area contributed by atoms with Crippen LogP contribution in [0.4, 0.5) is 0 Å². The molecule has 5 heteroatoms. The van der Waals surface area contributed by atoms with Crippen molar-refractivity contribution in [3.8, 4) is 5.75 Å². The first-order valence-electron chi connectivity index (χ1n) is 9.83. The van der Waals surface area contributed by atoms with Crippen molar-refractivity contribution in [1.82, 2.24) is 10.4 Å². The quantitative estimate of drug-likeness (QED) is 0.511. The minimum absolute atomic E-state index is 0.210. The zero-order valence-electron chi connectivity index (χ0n) is 16.3. The lowest BCUT2D eigenvalue weighted by atomic mass is 9.87. The van der Waals surface area contributed by atoms with Crippen LogP contribution >= 0.6 is 0 Å². The Balaban J connectivity index is 1.49. The van der Waals surface area contributed by atoms with Gasteiger partial charge >= 0.3 is 0 Å². The van der Waals surface area contributed by atoms with Crippen molar-refractivity contribution in [3.63, 3.8) is 0 Å². The summed E-state index contributed by atoms with van der Waals surface area (Å²) in [5.74, 6) is 1.26. The summed E-state index contributed by atoms with van der Waals surface area (Å²) in [5, 5.41) is 5.25. The van der Waals surface area contributed by atoms with Crippen molar-refractivity contribution in [2.75, 3.05) is 6.61 Å². The van der Waals surface area contributed by atoms with Crippen molar-refractivity contribution >= 4 is 23.0 Å². The average Bonchev–Trinajstić information content (AvgIpc) is 3.05. The molecule has 0 aliphatic heterocycles. The summed E-state index contributed by atoms with van der Waals surface area (Å²) >= 11 is 0. The summed E-state index contributed by atoms with van der Waals surface area (Å²) in [7, 11) is 0. The van der Waals surface area contributed by atoms with E-state index in [4.69, 9.17) is 4.74 Å². The molecule has 1 aromatic heterocycles. The number of H-pyrrole nitrogens is 1. The number of hydrazone groups is 1. The molecule has 1 aliphatic carbocycles. The van der Waals surface area contributed by atoms with Crippen molar-refractivity contribution < 1.29 is 9.53 Å². The zero-order chi connectivity index (χ0) is 19.5. The molecular formula is C23H25N3O2. The largest absolute Gasteiger partial charge is 0.494 e. The van der Waals surface area contributed by atoms with Crippen LogP contribution in [-0.2, 0) is 12.8 Å². The van der Waals surface area contributed by atoms with Gasteiger partial charge in [0.25, 0.3) is 5.91 Å². The summed E-state index contributed by atoms with van der Waals surface area (Å²) in [5.41, 5.74) is 7.89. The first-order chi connectivity index (χ1) is 13.6. The van der Waals surface area contributed by atoms with E-state index in [1.165, 1.54) is 17.7 Å². The van der Waals surface area contributed by atoms with Crippen LogP contribution in [-0.4, -0.2) is 23.7 Å². The number of hydrogen-bond acceptors (Lipinski definition) is 3. The van der Waals surface area contributed by atoms with Gasteiger partial charge in [-0.05, 0) is 73.6 Å². The lowest BCUT2D eigenvalue weighted by Gasteiger charge is -2.18. The number of nitrogens with one attached hydrogen (secondary N) is 2. The Hall–Kier alpha value is -3.08. The van der Waals surface area contributed by atoms with Crippen LogP contribution in [0, 0.1) is 5.92 Å². The van der Waals surface area contributed by atoms with E-state index in [9.17, 15) is 4.79 Å². The van der Waals surface area contributed by atoms with Gasteiger partial charge in [-0.1, -0.05) is 19.1 Å². The molecule has 0 saturated heterocycles. The topological polar surface area (TPSA) is 66.5 Å². The molecule has 2 aromatic carbocycles. The highest BCUT2D eigenvalue weighted by atomic mass is 16.5. The maximum Gasteiger partial charge on any atom is 0.271 e. The Kier molecular flexibility index (Phi) is 5.15. The summed E-state index contributed by atoms with van der Waals surface area (Å²) in [6.07, 6.45) is 4.98. The second-order valence-electron chi connectivity index (χ2n) is 7.40. The third-order valence-corrected chi connectivity index (χ3v) is 5.25. The van der Waals surface area contributed by atoms with Gasteiger partial charge in [0.2, 0.25) is 0 Å². The highest BCUT2D eigenvalue weighted by Gasteiger charge is 2.20. The molecule has 1 atom stereocenters. The molecule has 144 valence electrons. The maximum absolute atomic E-state index is 12.5. The van der Waals surface area contributed by atoms with Crippen LogP contribution < -0.4 is 10.2 Å². The SMILES string of the molecule is CCOc1cccc(/C=N\NC(=O)c2ccc3[nH]c4c(c3c2)CC(C)CC4)c1. The van der Waals surface area contributed by atoms with Crippen molar-refractivity contribution in [1.29, 1.82) is 0 Å². The highest BCUT2D eigenvalue weighted by molar-refractivity contribution is 5.99. The number of aromatic amines is 1. The average molecular weight is 375 g/mol. The lowest BCUT2D eigenvalue weighted by molar-refractivity contribution is 0.0955. The van der Waals surface area contributed by atoms with E-state index in [0.29, 0.717) is 18.1 Å². The van der Waals surface area contributed by atoms with Gasteiger partial charge in [0.05, 0.1) is 12.8 Å². The number of rotatable bonds is 5. The normalized spacial score (nSPS) is 16.3. The molecule has 1 amide bonds. The summed E-state index contributed by atoms with van der Waals surface area (Å²) in [6, 6.07) is 13.4. The second kappa shape index (κ2) is 7.89. The van der Waals surface area contributed by atoms with E-state index < -0.39 is 0 Å². The minimum Gasteiger partial charge on any atom is -0.494 e. The van der Waals surface area contributed by atoms with Gasteiger partial charge in [0.15, 0.2) is 0 Å². The Labute approximate surface area is 164 Å². The molecule has 1 unspecified atom stereocenters. The van der Waals surface area contributed by atoms with Crippen LogP contribution in [0.25, 0.3) is 10.9 Å². The van der Waals surface area contributed by atoms with Crippen LogP contribution in [0.3, 0.4) is 0 Å². The van der Waals surface area contributed by atoms with E-state index in [0.717, 1.165) is 35.1 Å². The zero-order valence-corrected chi connectivity index (χ0v) is 16.3. The van der Waals surface area contributed by atoms with Crippen molar-refractivity contribution in [3.05, 3.63) is 64.8 Å². The molecule has 0 radical (unpaired) electrons. The molecule has 0 spiro atoms. The number of fused-ring (bicyclic) bond motifs is 3. The van der Waals surface area contributed by atoms with E-state index in [-0.39, 0.29) is 5.91 Å². The highest BCUT2D eigenvalue weighted by Crippen LogP contribution is 2.32. The number of aryl methyl sites for hydroxylation is 1. The molecule has 28 heavy (non-hydrogen) atoms. The number of carbonyl (C=O) groups is 1. The second-order valence-corrected chi connectivity index (χ2v) is 7.40. The number of amides is 1. The molecular weight excluding hydrogens is 350 g/mol. The summed E-state index contributed by atoms with van der Waals surface area (Å²) in [6.45, 7) is 4.84. The van der Waals surface area contributed by atoms with Crippen LogP contribution in [0.5, 0.6) is 5.75 Å². The number of hydrogen-bond donors (Lipinski definition) is 2. The monoisotopic (exact) mass is 375 g/mol. The summed E-state index contributed by atoms with van der Waals surface area (Å²) < 4.78 is 5.48. The fourth-order valence-corrected chi connectivity index (χ4v) is 3.81. The fourth-order valence-electron chi connectivity index (χ4n) is 3.81. The molecule has 4 rings (SSSR count). The molecule has 0 fully saturated rings. The lowest BCUT2D eigenvalue weighted by Crippen LogP contribution is -2.17. The molecule has 1 heterocycles. The standard InChI is InChI=1S/C23H25N3O2/c1-3-28-18-6-4-5-16(12-18)14-24-26-23(27)17-8-10-22-20(13-17)19-11-15(2)7-9-21(19)25-22/h4-6,8,10,12-15,25H,3,7,9,11H2,1-2H3,(H,26,27)/b24-14-. The van der Waals surface area contributed by atoms with Gasteiger partial charge in [-0.25, -0.2) is 5.43 Å². The van der Waals surface area contributed by atoms with Gasteiger partial charge < -0.3 is 9.72 Å². The Morgan fingerprint density at radius 2 is 2.21 bits per heavy atom. The molecule has 2 N–H and O–H groups in total. The molecule has 3 aromatic rings. The molecule has 0 bridgehead atoms. The third-order valence-electron chi connectivity index (χ3n) is 5.25. The number of benzene rings is 2. The first kappa shape index (κ1) is 18.3. The minimum atomic E-state index is -0.210. The number of ether oxygens (including phenoxy) is 1. The van der Waals surface area contributed by atoms with Crippen LogP contribution in [0.2, 0.25) is 0 Å². The van der Waals surface area contributed by atoms with Gasteiger partial charge in [-0.15, -0.1) is 0 Å². The fraction of sp³-hybridized carbons (Fsp3) is 0.304. The number of nitrogens with zero attached hydrogens (tertiary/aromatic N) is 1. The van der Waals surface area contributed by atoms with E-state index in [1.807, 2.05) is 49.4 Å². The molecule has 1 aliphatic rings. The molecule has 5 nitrogen and oxygen atoms in total. The number of carbonyl (C=O) groups excluding carboxylic acids is 1. The van der Waals surface area contributed by atoms with Crippen LogP contribution in [0.1, 0.15) is 47.4 Å². The predicted octanol–water partition coefficient (Wildman–Crippen LogP) is 4.46. The smallest absolute Gasteiger partial charge is 0.271 e. The van der Waals surface area contributed by atoms with E-state index in [1.54, 1.807) is 6.21 Å². The van der Waals surface area contributed by atoms with Crippen LogP contribution in [0.15, 0.2) is 47.6 Å². The van der Waals surface area contributed by atoms with Gasteiger partial charge in [-0.3, -0.25) is 4.79 Å². The summed E-state index contributed by atoms with van der Waals surface area (Å²) in [4.78, 5) is 16.1. The Morgan fingerprint density at radius 3 is 3.07 bits per heavy atom. The van der Waals surface area contributed by atoms with Crippen molar-refractivity contribution in [2.24, 2.45) is 11.0 Å². The first-order valence-corrected chi connectivity index (χ1v) is 9.83. The number of aromatic nitrogens is 1. The predicted molar refractivity (Wildman–Crippen MR) is 112 cm³/mol. The van der Waals surface area contributed by atoms with E-state index >= 15 is 0 Å². The van der Waals surface area contributed by atoms with Gasteiger partial charge in [0, 0.05) is 22.2 Å². The van der Waals surface area contributed by atoms with Gasteiger partial charge in [-0.2, -0.15) is 5.10 Å². The Bertz CT molecular complexity index is 1040. The third kappa shape index (κ3) is 3.79. The maximum atomic E-state index is 12.5. The van der Waals surface area contributed by atoms with E-state index in [2.05, 4.69) is 22.4 Å². The van der Waals surface area contributed by atoms with Gasteiger partial charge in [0.1, 0.15) is 5.75 Å². The Morgan fingerprint density at radius 1 is 1.32 bits per heavy atom. The van der Waals surface area contributed by atoms with Crippen molar-refractivity contribution in [2.45, 2.75) is 33.1 Å².